The molecule has 0 atom stereocenters. The zero-order valence-corrected chi connectivity index (χ0v) is 17.6. The molecule has 1 heterocycles. The van der Waals surface area contributed by atoms with Crippen molar-refractivity contribution in [1.82, 2.24) is 4.98 Å². The third-order valence-corrected chi connectivity index (χ3v) is 8.86. The van der Waals surface area contributed by atoms with Gasteiger partial charge in [0.1, 0.15) is 0 Å². The van der Waals surface area contributed by atoms with Crippen LogP contribution in [0.25, 0.3) is 43.4 Å². The molecule has 0 unspecified atom stereocenters. The van der Waals surface area contributed by atoms with Crippen LogP contribution >= 0.6 is 0 Å². The van der Waals surface area contributed by atoms with Gasteiger partial charge in [-0.2, -0.15) is 0 Å². The molecule has 140 valence electrons. The van der Waals surface area contributed by atoms with Crippen LogP contribution < -0.4 is 0 Å². The quantitative estimate of drug-likeness (QED) is 0.271. The summed E-state index contributed by atoms with van der Waals surface area (Å²) in [5.74, 6) is 0. The van der Waals surface area contributed by atoms with Crippen molar-refractivity contribution in [1.29, 1.82) is 0 Å². The fraction of sp³-hybridized carbons (Fsp3) is 0.333. The third kappa shape index (κ3) is 1.55. The number of aromatic nitrogens is 1. The van der Waals surface area contributed by atoms with E-state index in [2.05, 4.69) is 95.1 Å². The van der Waals surface area contributed by atoms with Gasteiger partial charge in [-0.3, -0.25) is 0 Å². The van der Waals surface area contributed by atoms with Gasteiger partial charge in [-0.05, 0) is 73.2 Å². The van der Waals surface area contributed by atoms with Crippen molar-refractivity contribution in [2.24, 2.45) is 5.41 Å². The Balaban J connectivity index is 1.91. The molecule has 4 aromatic carbocycles. The number of rotatable bonds is 0. The standard InChI is InChI=1S/C27H27N/c1-25(2)19-13-17-15-9-7-11-21-23(15)24-16(10-8-12-22(24)28-21)18(17)14-20(19)26(3,4)27(25,5)6/h7-14,28H,1-6H3. The van der Waals surface area contributed by atoms with E-state index >= 15 is 0 Å². The molecule has 0 radical (unpaired) electrons. The number of nitrogens with one attached hydrogen (secondary N) is 1. The fourth-order valence-corrected chi connectivity index (χ4v) is 5.98. The lowest BCUT2D eigenvalue weighted by atomic mass is 9.59. The number of aromatic amines is 1. The van der Waals surface area contributed by atoms with Crippen molar-refractivity contribution in [2.45, 2.75) is 52.4 Å². The third-order valence-electron chi connectivity index (χ3n) is 8.86. The Labute approximate surface area is 166 Å². The number of hydrogen-bond acceptors (Lipinski definition) is 0. The lowest BCUT2D eigenvalue weighted by Gasteiger charge is -2.44. The Morgan fingerprint density at radius 3 is 1.43 bits per heavy atom. The highest BCUT2D eigenvalue weighted by Gasteiger charge is 2.56. The molecule has 1 aliphatic carbocycles. The maximum Gasteiger partial charge on any atom is 0.0471 e. The van der Waals surface area contributed by atoms with E-state index in [1.807, 2.05) is 0 Å². The van der Waals surface area contributed by atoms with Gasteiger partial charge < -0.3 is 4.98 Å². The second-order valence-electron chi connectivity index (χ2n) is 10.4. The van der Waals surface area contributed by atoms with E-state index in [0.29, 0.717) is 0 Å². The van der Waals surface area contributed by atoms with Crippen molar-refractivity contribution < 1.29 is 0 Å². The van der Waals surface area contributed by atoms with Gasteiger partial charge in [0, 0.05) is 21.8 Å². The largest absolute Gasteiger partial charge is 0.354 e. The summed E-state index contributed by atoms with van der Waals surface area (Å²) in [5, 5.41) is 8.30. The summed E-state index contributed by atoms with van der Waals surface area (Å²) in [7, 11) is 0. The number of fused-ring (bicyclic) bond motifs is 4. The van der Waals surface area contributed by atoms with Crippen LogP contribution in [-0.4, -0.2) is 4.98 Å². The first kappa shape index (κ1) is 16.4. The van der Waals surface area contributed by atoms with Crippen molar-refractivity contribution >= 4 is 43.4 Å². The van der Waals surface area contributed by atoms with E-state index in [-0.39, 0.29) is 16.2 Å². The predicted octanol–water partition coefficient (Wildman–Crippen LogP) is 7.66. The summed E-state index contributed by atoms with van der Waals surface area (Å²) in [4.78, 5) is 3.64. The summed E-state index contributed by atoms with van der Waals surface area (Å²) in [6.07, 6.45) is 0. The summed E-state index contributed by atoms with van der Waals surface area (Å²) < 4.78 is 0. The molecule has 1 nitrogen and oxygen atoms in total. The minimum atomic E-state index is 0.124. The minimum absolute atomic E-state index is 0.124. The Morgan fingerprint density at radius 1 is 0.571 bits per heavy atom. The number of hydrogen-bond donors (Lipinski definition) is 1. The van der Waals surface area contributed by atoms with Gasteiger partial charge in [0.2, 0.25) is 0 Å². The molecule has 5 aromatic rings. The molecule has 0 fully saturated rings. The highest BCUT2D eigenvalue weighted by molar-refractivity contribution is 6.33. The molecule has 0 saturated carbocycles. The van der Waals surface area contributed by atoms with Crippen molar-refractivity contribution in [2.75, 3.05) is 0 Å². The number of H-pyrrole nitrogens is 1. The first-order chi connectivity index (χ1) is 13.2. The molecule has 1 aromatic heterocycles. The van der Waals surface area contributed by atoms with Gasteiger partial charge >= 0.3 is 0 Å². The minimum Gasteiger partial charge on any atom is -0.354 e. The highest BCUT2D eigenvalue weighted by atomic mass is 14.7. The highest BCUT2D eigenvalue weighted by Crippen LogP contribution is 2.62. The van der Waals surface area contributed by atoms with Gasteiger partial charge in [0.25, 0.3) is 0 Å². The van der Waals surface area contributed by atoms with Crippen LogP contribution in [0.2, 0.25) is 0 Å². The van der Waals surface area contributed by atoms with Gasteiger partial charge in [-0.25, -0.2) is 0 Å². The summed E-state index contributed by atoms with van der Waals surface area (Å²) in [6, 6.07) is 18.4. The van der Waals surface area contributed by atoms with E-state index in [9.17, 15) is 0 Å². The first-order valence-corrected chi connectivity index (χ1v) is 10.4. The fourth-order valence-electron chi connectivity index (χ4n) is 5.98. The molecule has 1 heteroatoms. The van der Waals surface area contributed by atoms with Crippen LogP contribution in [0.3, 0.4) is 0 Å². The Kier molecular flexibility index (Phi) is 2.66. The molecule has 0 amide bonds. The molecular formula is C27H27N. The topological polar surface area (TPSA) is 15.8 Å². The Bertz CT molecular complexity index is 1320. The monoisotopic (exact) mass is 365 g/mol. The van der Waals surface area contributed by atoms with Gasteiger partial charge in [-0.1, -0.05) is 65.8 Å². The molecule has 0 bridgehead atoms. The molecular weight excluding hydrogens is 338 g/mol. The SMILES string of the molecule is CC1(C)c2cc3c(cc2C(C)(C)C1(C)C)c1cccc2[nH]c4cccc3c4c21. The maximum atomic E-state index is 3.64. The zero-order chi connectivity index (χ0) is 19.6. The predicted molar refractivity (Wildman–Crippen MR) is 122 cm³/mol. The van der Waals surface area contributed by atoms with Crippen LogP contribution in [0.5, 0.6) is 0 Å². The van der Waals surface area contributed by atoms with E-state index in [1.54, 1.807) is 0 Å². The maximum absolute atomic E-state index is 3.64. The molecule has 1 N–H and O–H groups in total. The first-order valence-electron chi connectivity index (χ1n) is 10.4. The lowest BCUT2D eigenvalue weighted by Crippen LogP contribution is -2.42. The molecule has 0 saturated heterocycles. The van der Waals surface area contributed by atoms with Crippen LogP contribution in [0.15, 0.2) is 48.5 Å². The second kappa shape index (κ2) is 4.54. The van der Waals surface area contributed by atoms with Crippen molar-refractivity contribution in [3.63, 3.8) is 0 Å². The van der Waals surface area contributed by atoms with E-state index in [4.69, 9.17) is 0 Å². The Hall–Kier alpha value is -2.54. The number of benzene rings is 4. The van der Waals surface area contributed by atoms with Crippen LogP contribution in [0.4, 0.5) is 0 Å². The van der Waals surface area contributed by atoms with E-state index in [0.717, 1.165) is 0 Å². The van der Waals surface area contributed by atoms with Crippen molar-refractivity contribution in [3.8, 4) is 0 Å². The van der Waals surface area contributed by atoms with E-state index < -0.39 is 0 Å². The van der Waals surface area contributed by atoms with Crippen molar-refractivity contribution in [3.05, 3.63) is 59.7 Å². The van der Waals surface area contributed by atoms with Gasteiger partial charge in [-0.15, -0.1) is 0 Å². The molecule has 6 rings (SSSR count). The average molecular weight is 366 g/mol. The summed E-state index contributed by atoms with van der Waals surface area (Å²) in [5.41, 5.74) is 5.95. The van der Waals surface area contributed by atoms with Crippen LogP contribution in [0.1, 0.15) is 52.7 Å². The van der Waals surface area contributed by atoms with Gasteiger partial charge in [0.05, 0.1) is 0 Å². The molecule has 0 spiro atoms. The van der Waals surface area contributed by atoms with E-state index in [1.165, 1.54) is 54.5 Å². The molecule has 1 aliphatic rings. The average Bonchev–Trinajstić information content (AvgIpc) is 3.08. The summed E-state index contributed by atoms with van der Waals surface area (Å²) >= 11 is 0. The van der Waals surface area contributed by atoms with Gasteiger partial charge in [0.15, 0.2) is 0 Å². The second-order valence-corrected chi connectivity index (χ2v) is 10.4. The summed E-state index contributed by atoms with van der Waals surface area (Å²) in [6.45, 7) is 14.6. The molecule has 28 heavy (non-hydrogen) atoms. The lowest BCUT2D eigenvalue weighted by molar-refractivity contribution is 0.125. The Morgan fingerprint density at radius 2 is 1.00 bits per heavy atom. The smallest absolute Gasteiger partial charge is 0.0471 e. The van der Waals surface area contributed by atoms with Crippen LogP contribution in [0, 0.1) is 5.41 Å². The molecule has 0 aliphatic heterocycles. The normalized spacial score (nSPS) is 19.9. The van der Waals surface area contributed by atoms with Crippen LogP contribution in [-0.2, 0) is 10.8 Å². The zero-order valence-electron chi connectivity index (χ0n) is 17.6.